The molecule has 1 amide bonds. The minimum Gasteiger partial charge on any atom is -0.481 e. The monoisotopic (exact) mass is 327 g/mol. The third kappa shape index (κ3) is 3.94. The maximum atomic E-state index is 11.8. The Balaban J connectivity index is 2.06. The summed E-state index contributed by atoms with van der Waals surface area (Å²) in [5, 5.41) is 12.6. The minimum absolute atomic E-state index is 0.109. The highest BCUT2D eigenvalue weighted by atomic mass is 79.9. The zero-order chi connectivity index (χ0) is 14.0. The van der Waals surface area contributed by atoms with E-state index >= 15 is 0 Å². The molecule has 4 nitrogen and oxygen atoms in total. The second-order valence-corrected chi connectivity index (χ2v) is 5.82. The summed E-state index contributed by atoms with van der Waals surface area (Å²) in [5.41, 5.74) is 0.667. The Kier molecular flexibility index (Phi) is 4.47. The summed E-state index contributed by atoms with van der Waals surface area (Å²) in [4.78, 5) is 11.8. The van der Waals surface area contributed by atoms with E-state index in [2.05, 4.69) is 21.2 Å². The molecule has 1 aromatic rings. The third-order valence-electron chi connectivity index (χ3n) is 3.02. The van der Waals surface area contributed by atoms with Crippen LogP contribution >= 0.6 is 15.9 Å². The second kappa shape index (κ2) is 5.92. The van der Waals surface area contributed by atoms with Crippen LogP contribution in [0.3, 0.4) is 0 Å². The molecule has 19 heavy (non-hydrogen) atoms. The molecule has 2 atom stereocenters. The zero-order valence-electron chi connectivity index (χ0n) is 11.0. The fraction of sp³-hybridized carbons (Fsp3) is 0.500. The van der Waals surface area contributed by atoms with Crippen LogP contribution in [0.1, 0.15) is 38.4 Å². The van der Waals surface area contributed by atoms with Crippen molar-refractivity contribution < 1.29 is 14.6 Å². The number of aliphatic hydroxyl groups is 1. The first-order chi connectivity index (χ1) is 8.97. The molecular weight excluding hydrogens is 310 g/mol. The van der Waals surface area contributed by atoms with E-state index in [1.807, 2.05) is 6.07 Å². The first-order valence-corrected chi connectivity index (χ1v) is 7.21. The zero-order valence-corrected chi connectivity index (χ0v) is 12.6. The molecule has 1 aliphatic rings. The van der Waals surface area contributed by atoms with Gasteiger partial charge in [-0.25, -0.2) is 0 Å². The molecule has 1 saturated carbocycles. The third-order valence-corrected chi connectivity index (χ3v) is 3.51. The average molecular weight is 328 g/mol. The van der Waals surface area contributed by atoms with Crippen molar-refractivity contribution in [2.24, 2.45) is 0 Å². The quantitative estimate of drug-likeness (QED) is 0.873. The van der Waals surface area contributed by atoms with Crippen molar-refractivity contribution in [3.8, 4) is 5.75 Å². The van der Waals surface area contributed by atoms with Gasteiger partial charge < -0.3 is 15.2 Å². The Labute approximate surface area is 121 Å². The molecule has 1 aliphatic carbocycles. The van der Waals surface area contributed by atoms with Crippen molar-refractivity contribution >= 4 is 21.8 Å². The average Bonchev–Trinajstić information content (AvgIpc) is 3.14. The predicted molar refractivity (Wildman–Crippen MR) is 76.0 cm³/mol. The summed E-state index contributed by atoms with van der Waals surface area (Å²) in [6.45, 7) is 3.38. The smallest absolute Gasteiger partial charge is 0.260 e. The maximum Gasteiger partial charge on any atom is 0.260 e. The van der Waals surface area contributed by atoms with Gasteiger partial charge in [-0.2, -0.15) is 0 Å². The number of rotatable bonds is 5. The van der Waals surface area contributed by atoms with Crippen molar-refractivity contribution in [3.63, 3.8) is 0 Å². The second-order valence-electron chi connectivity index (χ2n) is 4.90. The number of aliphatic hydroxyl groups excluding tert-OH is 1. The van der Waals surface area contributed by atoms with Crippen molar-refractivity contribution in [2.75, 3.05) is 0 Å². The fourth-order valence-corrected chi connectivity index (χ4v) is 2.12. The van der Waals surface area contributed by atoms with Crippen molar-refractivity contribution in [1.29, 1.82) is 0 Å². The van der Waals surface area contributed by atoms with Gasteiger partial charge in [0, 0.05) is 16.1 Å². The summed E-state index contributed by atoms with van der Waals surface area (Å²) in [5.74, 6) is 0.429. The van der Waals surface area contributed by atoms with Crippen LogP contribution in [-0.2, 0) is 4.79 Å². The predicted octanol–water partition coefficient (Wildman–Crippen LogP) is 2.55. The molecule has 1 unspecified atom stereocenters. The van der Waals surface area contributed by atoms with E-state index < -0.39 is 12.2 Å². The van der Waals surface area contributed by atoms with Crippen molar-refractivity contribution in [2.45, 2.75) is 44.9 Å². The van der Waals surface area contributed by atoms with Crippen LogP contribution in [0.4, 0.5) is 0 Å². The van der Waals surface area contributed by atoms with Crippen LogP contribution in [0.5, 0.6) is 5.75 Å². The molecule has 0 heterocycles. The number of amides is 1. The van der Waals surface area contributed by atoms with E-state index in [-0.39, 0.29) is 5.91 Å². The summed E-state index contributed by atoms with van der Waals surface area (Å²) in [6, 6.07) is 5.70. The molecule has 0 radical (unpaired) electrons. The lowest BCUT2D eigenvalue weighted by Crippen LogP contribution is -2.37. The highest BCUT2D eigenvalue weighted by Gasteiger charge is 2.26. The molecule has 0 spiro atoms. The van der Waals surface area contributed by atoms with Gasteiger partial charge in [0.25, 0.3) is 5.91 Å². The first-order valence-electron chi connectivity index (χ1n) is 6.42. The van der Waals surface area contributed by atoms with Gasteiger partial charge in [-0.3, -0.25) is 4.79 Å². The Morgan fingerprint density at radius 2 is 2.16 bits per heavy atom. The Morgan fingerprint density at radius 1 is 1.47 bits per heavy atom. The van der Waals surface area contributed by atoms with Gasteiger partial charge in [-0.05, 0) is 44.9 Å². The number of nitrogens with one attached hydrogen (secondary N) is 1. The van der Waals surface area contributed by atoms with Gasteiger partial charge in [0.2, 0.25) is 0 Å². The lowest BCUT2D eigenvalue weighted by molar-refractivity contribution is -0.127. The number of carbonyl (C=O) groups excluding carboxylic acids is 1. The highest BCUT2D eigenvalue weighted by molar-refractivity contribution is 9.10. The van der Waals surface area contributed by atoms with Crippen LogP contribution in [-0.4, -0.2) is 23.2 Å². The number of halogens is 1. The molecule has 1 fully saturated rings. The Bertz CT molecular complexity index is 472. The molecule has 2 rings (SSSR count). The number of hydrogen-bond donors (Lipinski definition) is 2. The molecule has 0 aliphatic heterocycles. The molecule has 0 bridgehead atoms. The van der Waals surface area contributed by atoms with Crippen molar-refractivity contribution in [3.05, 3.63) is 28.2 Å². The largest absolute Gasteiger partial charge is 0.481 e. The van der Waals surface area contributed by atoms with Gasteiger partial charge in [-0.1, -0.05) is 15.9 Å². The van der Waals surface area contributed by atoms with Crippen LogP contribution < -0.4 is 10.1 Å². The maximum absolute atomic E-state index is 11.8. The Hall–Kier alpha value is -1.07. The van der Waals surface area contributed by atoms with E-state index in [1.54, 1.807) is 26.0 Å². The van der Waals surface area contributed by atoms with Gasteiger partial charge >= 0.3 is 0 Å². The van der Waals surface area contributed by atoms with E-state index in [9.17, 15) is 9.90 Å². The lowest BCUT2D eigenvalue weighted by atomic mass is 10.1. The van der Waals surface area contributed by atoms with Gasteiger partial charge in [0.15, 0.2) is 6.10 Å². The molecule has 0 aromatic heterocycles. The number of benzene rings is 1. The summed E-state index contributed by atoms with van der Waals surface area (Å²) < 4.78 is 6.53. The molecular formula is C14H18BrNO3. The normalized spacial score (nSPS) is 17.7. The number of carbonyl (C=O) groups is 1. The van der Waals surface area contributed by atoms with E-state index in [1.165, 1.54) is 0 Å². The van der Waals surface area contributed by atoms with Gasteiger partial charge in [0.1, 0.15) is 5.75 Å². The van der Waals surface area contributed by atoms with E-state index in [0.717, 1.165) is 17.3 Å². The summed E-state index contributed by atoms with van der Waals surface area (Å²) in [7, 11) is 0. The molecule has 104 valence electrons. The van der Waals surface area contributed by atoms with Crippen LogP contribution in [0, 0.1) is 0 Å². The topological polar surface area (TPSA) is 58.6 Å². The van der Waals surface area contributed by atoms with E-state index in [4.69, 9.17) is 4.74 Å². The lowest BCUT2D eigenvalue weighted by Gasteiger charge is -2.18. The SMILES string of the molecule is CC(Oc1ccc(Br)cc1[C@@H](C)O)C(=O)NC1CC1. The summed E-state index contributed by atoms with van der Waals surface area (Å²) >= 11 is 3.35. The van der Waals surface area contributed by atoms with Crippen molar-refractivity contribution in [1.82, 2.24) is 5.32 Å². The highest BCUT2D eigenvalue weighted by Crippen LogP contribution is 2.29. The Morgan fingerprint density at radius 3 is 2.74 bits per heavy atom. The van der Waals surface area contributed by atoms with E-state index in [0.29, 0.717) is 17.4 Å². The first kappa shape index (κ1) is 14.3. The van der Waals surface area contributed by atoms with Gasteiger partial charge in [-0.15, -0.1) is 0 Å². The molecule has 5 heteroatoms. The minimum atomic E-state index is -0.647. The molecule has 2 N–H and O–H groups in total. The van der Waals surface area contributed by atoms with Crippen LogP contribution in [0.25, 0.3) is 0 Å². The fourth-order valence-electron chi connectivity index (χ4n) is 1.74. The summed E-state index contributed by atoms with van der Waals surface area (Å²) in [6.07, 6.45) is 0.885. The number of ether oxygens (including phenoxy) is 1. The van der Waals surface area contributed by atoms with Crippen LogP contribution in [0.2, 0.25) is 0 Å². The molecule has 1 aromatic carbocycles. The molecule has 0 saturated heterocycles. The van der Waals surface area contributed by atoms with Crippen LogP contribution in [0.15, 0.2) is 22.7 Å². The van der Waals surface area contributed by atoms with Gasteiger partial charge in [0.05, 0.1) is 6.10 Å². The number of hydrogen-bond acceptors (Lipinski definition) is 3. The standard InChI is InChI=1S/C14H18BrNO3/c1-8(17)12-7-10(15)3-6-13(12)19-9(2)14(18)16-11-4-5-11/h3,6-9,11,17H,4-5H2,1-2H3,(H,16,18)/t8-,9?/m1/s1.